The standard InChI is InChI=1S/C14H14ClN3S/c15-11-6-9(7-16)4-5-13(11)18-14-17-12-3-1-2-10(12)8-19-14/h4-6,10,12H,1-3,8H2,(H,17,18). The number of benzene rings is 1. The lowest BCUT2D eigenvalue weighted by Gasteiger charge is -2.23. The molecule has 3 nitrogen and oxygen atoms in total. The molecule has 5 heteroatoms. The van der Waals surface area contributed by atoms with E-state index in [4.69, 9.17) is 21.9 Å². The summed E-state index contributed by atoms with van der Waals surface area (Å²) in [6.07, 6.45) is 3.81. The lowest BCUT2D eigenvalue weighted by atomic mass is 10.1. The quantitative estimate of drug-likeness (QED) is 0.854. The fraction of sp³-hybridized carbons (Fsp3) is 0.429. The molecule has 0 amide bonds. The average Bonchev–Trinajstić information content (AvgIpc) is 2.88. The maximum atomic E-state index is 8.82. The summed E-state index contributed by atoms with van der Waals surface area (Å²) in [5.74, 6) is 1.90. The Morgan fingerprint density at radius 2 is 2.32 bits per heavy atom. The molecule has 2 aliphatic rings. The molecule has 2 unspecified atom stereocenters. The zero-order valence-corrected chi connectivity index (χ0v) is 12.0. The summed E-state index contributed by atoms with van der Waals surface area (Å²) in [4.78, 5) is 4.77. The first-order valence-corrected chi connectivity index (χ1v) is 7.80. The minimum absolute atomic E-state index is 0.487. The van der Waals surface area contributed by atoms with E-state index in [2.05, 4.69) is 11.4 Å². The van der Waals surface area contributed by atoms with E-state index in [1.165, 1.54) is 19.3 Å². The summed E-state index contributed by atoms with van der Waals surface area (Å²) < 4.78 is 0. The summed E-state index contributed by atoms with van der Waals surface area (Å²) in [5.41, 5.74) is 1.40. The highest BCUT2D eigenvalue weighted by Crippen LogP contribution is 2.36. The topological polar surface area (TPSA) is 48.2 Å². The average molecular weight is 292 g/mol. The molecular weight excluding hydrogens is 278 g/mol. The van der Waals surface area contributed by atoms with Crippen LogP contribution in [0.2, 0.25) is 5.02 Å². The van der Waals surface area contributed by atoms with Crippen molar-refractivity contribution < 1.29 is 0 Å². The van der Waals surface area contributed by atoms with Crippen molar-refractivity contribution in [1.29, 1.82) is 5.26 Å². The van der Waals surface area contributed by atoms with Crippen LogP contribution in [0.1, 0.15) is 24.8 Å². The number of nitriles is 1. The van der Waals surface area contributed by atoms with Gasteiger partial charge >= 0.3 is 0 Å². The van der Waals surface area contributed by atoms with Crippen molar-refractivity contribution in [2.45, 2.75) is 25.3 Å². The third-order valence-corrected chi connectivity index (χ3v) is 5.06. The fourth-order valence-corrected chi connectivity index (χ4v) is 4.01. The summed E-state index contributed by atoms with van der Waals surface area (Å²) >= 11 is 7.93. The van der Waals surface area contributed by atoms with Gasteiger partial charge in [0.2, 0.25) is 0 Å². The first kappa shape index (κ1) is 12.8. The molecule has 2 atom stereocenters. The molecule has 1 N–H and O–H groups in total. The van der Waals surface area contributed by atoms with Crippen LogP contribution in [-0.2, 0) is 0 Å². The van der Waals surface area contributed by atoms with Gasteiger partial charge in [-0.25, -0.2) is 0 Å². The highest BCUT2D eigenvalue weighted by Gasteiger charge is 2.31. The molecule has 3 rings (SSSR count). The minimum atomic E-state index is 0.487. The maximum Gasteiger partial charge on any atom is 0.161 e. The Morgan fingerprint density at radius 3 is 3.11 bits per heavy atom. The molecule has 0 spiro atoms. The van der Waals surface area contributed by atoms with Gasteiger partial charge in [0, 0.05) is 5.75 Å². The number of nitrogens with zero attached hydrogens (tertiary/aromatic N) is 2. The summed E-state index contributed by atoms with van der Waals surface area (Å²) in [5, 5.41) is 13.6. The van der Waals surface area contributed by atoms with Crippen molar-refractivity contribution >= 4 is 34.2 Å². The normalized spacial score (nSPS) is 25.4. The van der Waals surface area contributed by atoms with Gasteiger partial charge in [0.15, 0.2) is 5.17 Å². The number of thioether (sulfide) groups is 1. The number of fused-ring (bicyclic) bond motifs is 1. The van der Waals surface area contributed by atoms with Gasteiger partial charge in [0.25, 0.3) is 0 Å². The Morgan fingerprint density at radius 1 is 1.42 bits per heavy atom. The highest BCUT2D eigenvalue weighted by atomic mass is 35.5. The predicted octanol–water partition coefficient (Wildman–Crippen LogP) is 3.90. The van der Waals surface area contributed by atoms with Crippen LogP contribution in [0.3, 0.4) is 0 Å². The molecule has 1 aliphatic heterocycles. The van der Waals surface area contributed by atoms with E-state index in [9.17, 15) is 0 Å². The number of anilines is 1. The monoisotopic (exact) mass is 291 g/mol. The molecule has 0 radical (unpaired) electrons. The van der Waals surface area contributed by atoms with Crippen molar-refractivity contribution in [3.63, 3.8) is 0 Å². The van der Waals surface area contributed by atoms with E-state index < -0.39 is 0 Å². The zero-order valence-electron chi connectivity index (χ0n) is 10.4. The van der Waals surface area contributed by atoms with Crippen molar-refractivity contribution in [3.8, 4) is 6.07 Å². The summed E-state index contributed by atoms with van der Waals surface area (Å²) in [6, 6.07) is 7.85. The SMILES string of the molecule is N#Cc1ccc(NC2=NC3CCCC3CS2)c(Cl)c1. The van der Waals surface area contributed by atoms with Gasteiger partial charge in [-0.15, -0.1) is 0 Å². The van der Waals surface area contributed by atoms with Gasteiger partial charge in [-0.1, -0.05) is 29.8 Å². The number of halogens is 1. The van der Waals surface area contributed by atoms with E-state index in [0.717, 1.165) is 22.5 Å². The van der Waals surface area contributed by atoms with Gasteiger partial charge in [-0.05, 0) is 37.0 Å². The molecule has 0 aromatic heterocycles. The van der Waals surface area contributed by atoms with E-state index in [-0.39, 0.29) is 0 Å². The Balaban J connectivity index is 1.77. The second kappa shape index (κ2) is 5.44. The molecule has 1 saturated carbocycles. The molecule has 19 heavy (non-hydrogen) atoms. The number of nitrogens with one attached hydrogen (secondary N) is 1. The summed E-state index contributed by atoms with van der Waals surface area (Å²) in [6.45, 7) is 0. The van der Waals surface area contributed by atoms with Crippen LogP contribution in [0, 0.1) is 17.2 Å². The van der Waals surface area contributed by atoms with E-state index in [1.54, 1.807) is 23.9 Å². The van der Waals surface area contributed by atoms with Crippen LogP contribution in [0.25, 0.3) is 0 Å². The first-order valence-electron chi connectivity index (χ1n) is 6.43. The maximum absolute atomic E-state index is 8.82. The molecule has 1 heterocycles. The van der Waals surface area contributed by atoms with Crippen LogP contribution in [-0.4, -0.2) is 17.0 Å². The summed E-state index contributed by atoms with van der Waals surface area (Å²) in [7, 11) is 0. The Bertz CT molecular complexity index is 564. The van der Waals surface area contributed by atoms with Crippen LogP contribution in [0.5, 0.6) is 0 Å². The third kappa shape index (κ3) is 2.72. The van der Waals surface area contributed by atoms with Gasteiger partial charge in [0.05, 0.1) is 28.4 Å². The van der Waals surface area contributed by atoms with Gasteiger partial charge in [-0.3, -0.25) is 4.99 Å². The largest absolute Gasteiger partial charge is 0.334 e. The van der Waals surface area contributed by atoms with Gasteiger partial charge < -0.3 is 5.32 Å². The number of aliphatic imine (C=N–C) groups is 1. The number of hydrogen-bond donors (Lipinski definition) is 1. The van der Waals surface area contributed by atoms with E-state index in [0.29, 0.717) is 16.6 Å². The lowest BCUT2D eigenvalue weighted by molar-refractivity contribution is 0.535. The van der Waals surface area contributed by atoms with Crippen molar-refractivity contribution in [3.05, 3.63) is 28.8 Å². The molecule has 98 valence electrons. The number of hydrogen-bond acceptors (Lipinski definition) is 4. The smallest absolute Gasteiger partial charge is 0.161 e. The first-order chi connectivity index (χ1) is 9.26. The molecule has 0 saturated heterocycles. The van der Waals surface area contributed by atoms with Gasteiger partial charge in [-0.2, -0.15) is 5.26 Å². The molecule has 1 aromatic rings. The van der Waals surface area contributed by atoms with Crippen LogP contribution in [0.15, 0.2) is 23.2 Å². The van der Waals surface area contributed by atoms with E-state index in [1.807, 2.05) is 6.07 Å². The number of rotatable bonds is 1. The Hall–Kier alpha value is -1.18. The van der Waals surface area contributed by atoms with Crippen molar-refractivity contribution in [1.82, 2.24) is 0 Å². The Labute approximate surface area is 122 Å². The zero-order chi connectivity index (χ0) is 13.2. The van der Waals surface area contributed by atoms with Crippen LogP contribution < -0.4 is 5.32 Å². The van der Waals surface area contributed by atoms with Crippen molar-refractivity contribution in [2.24, 2.45) is 10.9 Å². The second-order valence-corrected chi connectivity index (χ2v) is 6.35. The lowest BCUT2D eigenvalue weighted by Crippen LogP contribution is -2.25. The highest BCUT2D eigenvalue weighted by molar-refractivity contribution is 8.14. The minimum Gasteiger partial charge on any atom is -0.334 e. The third-order valence-electron chi connectivity index (χ3n) is 3.68. The molecule has 0 bridgehead atoms. The second-order valence-electron chi connectivity index (χ2n) is 4.94. The molecule has 1 fully saturated rings. The molecule has 1 aromatic carbocycles. The van der Waals surface area contributed by atoms with Crippen LogP contribution >= 0.6 is 23.4 Å². The fourth-order valence-electron chi connectivity index (χ4n) is 2.63. The van der Waals surface area contributed by atoms with Crippen LogP contribution in [0.4, 0.5) is 5.69 Å². The molecule has 1 aliphatic carbocycles. The van der Waals surface area contributed by atoms with Crippen molar-refractivity contribution in [2.75, 3.05) is 11.1 Å². The Kier molecular flexibility index (Phi) is 3.67. The number of amidine groups is 1. The van der Waals surface area contributed by atoms with E-state index >= 15 is 0 Å². The van der Waals surface area contributed by atoms with Gasteiger partial charge in [0.1, 0.15) is 0 Å². The predicted molar refractivity (Wildman–Crippen MR) is 80.8 cm³/mol. The molecular formula is C14H14ClN3S.